The third-order valence-electron chi connectivity index (χ3n) is 11.0. The maximum Gasteiger partial charge on any atom is 0.200 e. The highest BCUT2D eigenvalue weighted by atomic mass is 16.6. The van der Waals surface area contributed by atoms with Crippen molar-refractivity contribution >= 4 is 5.78 Å². The van der Waals surface area contributed by atoms with Crippen molar-refractivity contribution in [3.63, 3.8) is 0 Å². The third kappa shape index (κ3) is 4.38. The first-order chi connectivity index (χ1) is 17.2. The minimum Gasteiger partial charge on any atom is -0.390 e. The fourth-order valence-electron chi connectivity index (χ4n) is 9.28. The number of aliphatic hydroxyl groups is 2. The first-order valence-electron chi connectivity index (χ1n) is 14.4. The topological polar surface area (TPSA) is 93.8 Å². The van der Waals surface area contributed by atoms with Gasteiger partial charge < -0.3 is 19.7 Å². The summed E-state index contributed by atoms with van der Waals surface area (Å²) in [7, 11) is 0. The molecule has 0 saturated heterocycles. The molecule has 4 saturated carbocycles. The van der Waals surface area contributed by atoms with Crippen LogP contribution in [0.3, 0.4) is 0 Å². The van der Waals surface area contributed by atoms with Gasteiger partial charge in [0.1, 0.15) is 5.69 Å². The van der Waals surface area contributed by atoms with Crippen molar-refractivity contribution in [1.29, 1.82) is 0 Å². The van der Waals surface area contributed by atoms with Gasteiger partial charge in [-0.25, -0.2) is 0 Å². The summed E-state index contributed by atoms with van der Waals surface area (Å²) < 4.78 is 12.9. The van der Waals surface area contributed by atoms with Crippen LogP contribution in [0.25, 0.3) is 0 Å². The molecule has 4 aliphatic carbocycles. The van der Waals surface area contributed by atoms with Crippen LogP contribution in [-0.4, -0.2) is 51.2 Å². The van der Waals surface area contributed by atoms with Crippen LogP contribution in [0.15, 0.2) is 12.3 Å². The maximum absolute atomic E-state index is 13.6. The number of Topliss-reactive ketones (excluding diaryl/α,β-unsaturated/α-hetero) is 1. The Bertz CT molecular complexity index is 935. The fraction of sp³-hybridized carbons (Fsp3) is 0.862. The van der Waals surface area contributed by atoms with E-state index in [-0.39, 0.29) is 41.3 Å². The zero-order valence-corrected chi connectivity index (χ0v) is 22.6. The summed E-state index contributed by atoms with van der Waals surface area (Å²) in [4.78, 5) is 13.6. The zero-order chi connectivity index (χ0) is 25.7. The molecule has 4 fully saturated rings. The van der Waals surface area contributed by atoms with E-state index in [1.54, 1.807) is 16.9 Å². The highest BCUT2D eigenvalue weighted by Gasteiger charge is 2.62. The van der Waals surface area contributed by atoms with E-state index >= 15 is 0 Å². The Hall–Kier alpha value is -1.28. The molecule has 5 rings (SSSR count). The Morgan fingerprint density at radius 1 is 1.14 bits per heavy atom. The predicted molar refractivity (Wildman–Crippen MR) is 136 cm³/mol. The molecule has 0 spiro atoms. The number of fused-ring (bicyclic) bond motifs is 5. The summed E-state index contributed by atoms with van der Waals surface area (Å²) >= 11 is 0. The van der Waals surface area contributed by atoms with Crippen LogP contribution in [0, 0.1) is 40.4 Å². The first kappa shape index (κ1) is 26.3. The van der Waals surface area contributed by atoms with E-state index in [9.17, 15) is 15.0 Å². The molecule has 0 radical (unpaired) electrons. The lowest BCUT2D eigenvalue weighted by molar-refractivity contribution is -0.171. The minimum atomic E-state index is -1.05. The molecule has 1 heterocycles. The monoisotopic (exact) mass is 502 g/mol. The van der Waals surface area contributed by atoms with Gasteiger partial charge in [0.05, 0.1) is 18.8 Å². The summed E-state index contributed by atoms with van der Waals surface area (Å²) in [6.07, 6.45) is 9.01. The molecular weight excluding hydrogens is 456 g/mol. The number of hydrogen-bond donors (Lipinski definition) is 2. The van der Waals surface area contributed by atoms with Gasteiger partial charge in [-0.3, -0.25) is 9.48 Å². The number of aliphatic hydroxyl groups excluding tert-OH is 2. The second kappa shape index (κ2) is 10.1. The van der Waals surface area contributed by atoms with Gasteiger partial charge in [-0.15, -0.1) is 0 Å². The molecule has 202 valence electrons. The summed E-state index contributed by atoms with van der Waals surface area (Å²) in [5.41, 5.74) is 0.724. The largest absolute Gasteiger partial charge is 0.390 e. The van der Waals surface area contributed by atoms with Crippen LogP contribution in [0.1, 0.15) is 91.0 Å². The molecule has 7 heteroatoms. The number of nitrogens with zero attached hydrogens (tertiary/aromatic N) is 2. The Labute approximate surface area is 215 Å². The number of aromatic nitrogens is 2. The average molecular weight is 503 g/mol. The standard InChI is InChI=1S/C29H46N2O5/c1-5-35-26-16-29(4)18(15-24(26)32)7-8-19-20-9-10-22(28(20,3)13-11-21(19)29)25(33)17-31-14-12-23(30-31)27(34)36-6-2/h12,14,18-22,24,26-27,32,34H,5-11,13,15-17H2,1-4H3/t18-,19-,20-,21-,22+,24-,26-,27?,28-,29-/m0/s1. The SMILES string of the molecule is CCOC(O)c1ccn(CC(=O)[C@H]2CC[C@H]3[C@@H]4CC[C@H]5C[C@H](O)[C@@H](OCC)C[C@]5(C)[C@H]4CC[C@]23C)n1. The van der Waals surface area contributed by atoms with Crippen LogP contribution < -0.4 is 0 Å². The van der Waals surface area contributed by atoms with E-state index in [4.69, 9.17) is 9.47 Å². The van der Waals surface area contributed by atoms with E-state index in [0.717, 1.165) is 32.1 Å². The lowest BCUT2D eigenvalue weighted by Gasteiger charge is -2.61. The Morgan fingerprint density at radius 3 is 2.67 bits per heavy atom. The molecule has 0 amide bonds. The number of ether oxygens (including phenoxy) is 2. The minimum absolute atomic E-state index is 0.0404. The number of ketones is 1. The molecule has 1 aromatic heterocycles. The van der Waals surface area contributed by atoms with Gasteiger partial charge in [0.25, 0.3) is 0 Å². The maximum atomic E-state index is 13.6. The molecule has 36 heavy (non-hydrogen) atoms. The molecule has 0 bridgehead atoms. The molecule has 0 aromatic carbocycles. The van der Waals surface area contributed by atoms with E-state index in [0.29, 0.717) is 42.6 Å². The van der Waals surface area contributed by atoms with Gasteiger partial charge in [0.2, 0.25) is 0 Å². The van der Waals surface area contributed by atoms with Crippen LogP contribution in [0.4, 0.5) is 0 Å². The van der Waals surface area contributed by atoms with E-state index in [1.165, 1.54) is 19.3 Å². The van der Waals surface area contributed by atoms with Crippen molar-refractivity contribution < 1.29 is 24.5 Å². The van der Waals surface area contributed by atoms with Gasteiger partial charge in [-0.1, -0.05) is 13.8 Å². The lowest BCUT2D eigenvalue weighted by Crippen LogP contribution is -2.57. The number of carbonyl (C=O) groups excluding carboxylic acids is 1. The zero-order valence-electron chi connectivity index (χ0n) is 22.6. The predicted octanol–water partition coefficient (Wildman–Crippen LogP) is 4.51. The highest BCUT2D eigenvalue weighted by Crippen LogP contribution is 2.67. The van der Waals surface area contributed by atoms with E-state index < -0.39 is 6.29 Å². The summed E-state index contributed by atoms with van der Waals surface area (Å²) in [6, 6.07) is 1.73. The van der Waals surface area contributed by atoms with Gasteiger partial charge in [0.15, 0.2) is 12.1 Å². The molecule has 4 aliphatic rings. The Kier molecular flexibility index (Phi) is 7.40. The van der Waals surface area contributed by atoms with Crippen LogP contribution in [0.2, 0.25) is 0 Å². The lowest BCUT2D eigenvalue weighted by atomic mass is 9.44. The van der Waals surface area contributed by atoms with Crippen molar-refractivity contribution in [3.05, 3.63) is 18.0 Å². The van der Waals surface area contributed by atoms with Crippen LogP contribution >= 0.6 is 0 Å². The van der Waals surface area contributed by atoms with Crippen molar-refractivity contribution in [2.24, 2.45) is 40.4 Å². The Balaban J connectivity index is 1.29. The van der Waals surface area contributed by atoms with Crippen LogP contribution in [-0.2, 0) is 20.8 Å². The van der Waals surface area contributed by atoms with Gasteiger partial charge in [-0.2, -0.15) is 5.10 Å². The average Bonchev–Trinajstić information content (AvgIpc) is 3.44. The van der Waals surface area contributed by atoms with Crippen molar-refractivity contribution in [2.75, 3.05) is 13.2 Å². The molecule has 7 nitrogen and oxygen atoms in total. The number of hydrogen-bond acceptors (Lipinski definition) is 6. The third-order valence-corrected chi connectivity index (χ3v) is 11.0. The molecule has 0 aliphatic heterocycles. The van der Waals surface area contributed by atoms with Gasteiger partial charge >= 0.3 is 0 Å². The molecule has 1 aromatic rings. The molecule has 2 N–H and O–H groups in total. The molecular formula is C29H46N2O5. The molecule has 1 unspecified atom stereocenters. The normalized spacial score (nSPS) is 42.9. The van der Waals surface area contributed by atoms with Crippen molar-refractivity contribution in [3.8, 4) is 0 Å². The van der Waals surface area contributed by atoms with Crippen molar-refractivity contribution in [2.45, 2.75) is 104 Å². The second-order valence-corrected chi connectivity index (χ2v) is 12.5. The number of carbonyl (C=O) groups is 1. The molecule has 10 atom stereocenters. The van der Waals surface area contributed by atoms with Crippen LogP contribution in [0.5, 0.6) is 0 Å². The summed E-state index contributed by atoms with van der Waals surface area (Å²) in [6.45, 7) is 10.0. The Morgan fingerprint density at radius 2 is 1.92 bits per heavy atom. The second-order valence-electron chi connectivity index (χ2n) is 12.5. The highest BCUT2D eigenvalue weighted by molar-refractivity contribution is 5.82. The van der Waals surface area contributed by atoms with E-state index in [1.807, 2.05) is 13.8 Å². The van der Waals surface area contributed by atoms with Gasteiger partial charge in [-0.05, 0) is 106 Å². The van der Waals surface area contributed by atoms with Crippen molar-refractivity contribution in [1.82, 2.24) is 9.78 Å². The van der Waals surface area contributed by atoms with Gasteiger partial charge in [0, 0.05) is 25.3 Å². The summed E-state index contributed by atoms with van der Waals surface area (Å²) in [5, 5.41) is 25.2. The number of rotatable bonds is 8. The smallest absolute Gasteiger partial charge is 0.200 e. The first-order valence-corrected chi connectivity index (χ1v) is 14.4. The fourth-order valence-corrected chi connectivity index (χ4v) is 9.28. The summed E-state index contributed by atoms with van der Waals surface area (Å²) in [5.74, 6) is 2.84. The quantitative estimate of drug-likeness (QED) is 0.508. The van der Waals surface area contributed by atoms with E-state index in [2.05, 4.69) is 18.9 Å².